The normalized spacial score (nSPS) is 19.2. The lowest BCUT2D eigenvalue weighted by atomic mass is 9.63. The summed E-state index contributed by atoms with van der Waals surface area (Å²) in [5.41, 5.74) is 2.18. The van der Waals surface area contributed by atoms with Crippen LogP contribution in [0.1, 0.15) is 43.5 Å². The smallest absolute Gasteiger partial charge is 0.123 e. The number of aliphatic imine (C=N–C) groups is 1. The average molecular weight is 456 g/mol. The van der Waals surface area contributed by atoms with Gasteiger partial charge in [0, 0.05) is 24.0 Å². The monoisotopic (exact) mass is 455 g/mol. The lowest BCUT2D eigenvalue weighted by Gasteiger charge is -2.47. The van der Waals surface area contributed by atoms with Gasteiger partial charge >= 0.3 is 0 Å². The fourth-order valence-electron chi connectivity index (χ4n) is 4.98. The summed E-state index contributed by atoms with van der Waals surface area (Å²) in [5, 5.41) is 10.9. The molecule has 3 unspecified atom stereocenters. The van der Waals surface area contributed by atoms with E-state index in [-0.39, 0.29) is 6.04 Å². The maximum atomic E-state index is 10.9. The van der Waals surface area contributed by atoms with Gasteiger partial charge in [-0.15, -0.1) is 6.58 Å². The molecule has 0 amide bonds. The Morgan fingerprint density at radius 2 is 2.00 bits per heavy atom. The average Bonchev–Trinajstić information content (AvgIpc) is 3.53. The SMILES string of the molecule is C=CCc1cc(C(C)(C)C2(C(C(C)O)n3ccnc3)C=CC=N2)ccc1OCc1ccccc1. The molecule has 3 atom stereocenters. The molecule has 176 valence electrons. The molecule has 2 aromatic carbocycles. The number of ether oxygens (including phenoxy) is 1. The number of aromatic nitrogens is 2. The molecule has 5 nitrogen and oxygen atoms in total. The second-order valence-electron chi connectivity index (χ2n) is 9.37. The number of nitrogens with zero attached hydrogens (tertiary/aromatic N) is 3. The van der Waals surface area contributed by atoms with Crippen LogP contribution >= 0.6 is 0 Å². The highest BCUT2D eigenvalue weighted by molar-refractivity contribution is 5.76. The largest absolute Gasteiger partial charge is 0.489 e. The molecule has 3 aromatic rings. The fraction of sp³-hybridized carbons (Fsp3) is 0.310. The second-order valence-corrected chi connectivity index (χ2v) is 9.37. The van der Waals surface area contributed by atoms with Gasteiger partial charge in [0.05, 0.1) is 18.5 Å². The summed E-state index contributed by atoms with van der Waals surface area (Å²) < 4.78 is 8.15. The first-order chi connectivity index (χ1) is 16.4. The van der Waals surface area contributed by atoms with Crippen LogP contribution in [0.25, 0.3) is 0 Å². The van der Waals surface area contributed by atoms with E-state index in [0.717, 1.165) is 22.4 Å². The van der Waals surface area contributed by atoms with Crippen LogP contribution in [0.4, 0.5) is 0 Å². The molecule has 5 heteroatoms. The van der Waals surface area contributed by atoms with Gasteiger partial charge < -0.3 is 14.4 Å². The molecule has 0 aliphatic carbocycles. The van der Waals surface area contributed by atoms with Crippen LogP contribution in [0, 0.1) is 0 Å². The van der Waals surface area contributed by atoms with E-state index in [1.54, 1.807) is 12.5 Å². The number of hydrogen-bond acceptors (Lipinski definition) is 4. The van der Waals surface area contributed by atoms with E-state index >= 15 is 0 Å². The van der Waals surface area contributed by atoms with E-state index in [4.69, 9.17) is 9.73 Å². The molecule has 2 heterocycles. The van der Waals surface area contributed by atoms with Crippen molar-refractivity contribution in [2.24, 2.45) is 4.99 Å². The van der Waals surface area contributed by atoms with Crippen molar-refractivity contribution in [3.63, 3.8) is 0 Å². The van der Waals surface area contributed by atoms with Gasteiger partial charge in [-0.2, -0.15) is 0 Å². The highest BCUT2D eigenvalue weighted by Crippen LogP contribution is 2.49. The van der Waals surface area contributed by atoms with Gasteiger partial charge in [-0.05, 0) is 42.2 Å². The third-order valence-corrected chi connectivity index (χ3v) is 6.86. The number of hydrogen-bond donors (Lipinski definition) is 1. The molecule has 0 spiro atoms. The highest BCUT2D eigenvalue weighted by Gasteiger charge is 2.53. The zero-order chi connectivity index (χ0) is 24.2. The van der Waals surface area contributed by atoms with Crippen molar-refractivity contribution in [1.29, 1.82) is 0 Å². The number of benzene rings is 2. The minimum atomic E-state index is -0.695. The topological polar surface area (TPSA) is 59.6 Å². The number of aliphatic hydroxyl groups is 1. The molecule has 0 radical (unpaired) electrons. The van der Waals surface area contributed by atoms with Crippen LogP contribution in [-0.4, -0.2) is 32.5 Å². The molecule has 0 saturated heterocycles. The first-order valence-corrected chi connectivity index (χ1v) is 11.7. The predicted molar refractivity (Wildman–Crippen MR) is 137 cm³/mol. The molecule has 1 N–H and O–H groups in total. The zero-order valence-electron chi connectivity index (χ0n) is 20.1. The minimum absolute atomic E-state index is 0.322. The predicted octanol–water partition coefficient (Wildman–Crippen LogP) is 5.47. The Morgan fingerprint density at radius 1 is 1.21 bits per heavy atom. The van der Waals surface area contributed by atoms with Crippen molar-refractivity contribution in [3.05, 3.63) is 109 Å². The van der Waals surface area contributed by atoms with E-state index in [1.807, 2.05) is 60.3 Å². The van der Waals surface area contributed by atoms with Gasteiger partial charge in [0.1, 0.15) is 17.9 Å². The van der Waals surface area contributed by atoms with Gasteiger partial charge in [0.25, 0.3) is 0 Å². The quantitative estimate of drug-likeness (QED) is 0.413. The highest BCUT2D eigenvalue weighted by atomic mass is 16.5. The number of allylic oxidation sites excluding steroid dienone is 2. The van der Waals surface area contributed by atoms with Crippen molar-refractivity contribution in [3.8, 4) is 5.75 Å². The summed E-state index contributed by atoms with van der Waals surface area (Å²) in [4.78, 5) is 9.20. The van der Waals surface area contributed by atoms with Crippen molar-refractivity contribution in [2.45, 2.75) is 56.9 Å². The maximum absolute atomic E-state index is 10.9. The minimum Gasteiger partial charge on any atom is -0.489 e. The Kier molecular flexibility index (Phi) is 6.85. The zero-order valence-corrected chi connectivity index (χ0v) is 20.1. The molecule has 0 saturated carbocycles. The van der Waals surface area contributed by atoms with Gasteiger partial charge in [0.15, 0.2) is 0 Å². The van der Waals surface area contributed by atoms with Gasteiger partial charge in [-0.1, -0.05) is 68.5 Å². The molecule has 1 aliphatic rings. The number of imidazole rings is 1. The summed E-state index contributed by atoms with van der Waals surface area (Å²) in [6.45, 7) is 10.6. The second kappa shape index (κ2) is 9.82. The van der Waals surface area contributed by atoms with Crippen LogP contribution in [-0.2, 0) is 18.4 Å². The maximum Gasteiger partial charge on any atom is 0.123 e. The van der Waals surface area contributed by atoms with Gasteiger partial charge in [-0.25, -0.2) is 4.98 Å². The Bertz CT molecular complexity index is 1150. The molecule has 34 heavy (non-hydrogen) atoms. The number of rotatable bonds is 10. The summed E-state index contributed by atoms with van der Waals surface area (Å²) in [7, 11) is 0. The molecule has 1 aromatic heterocycles. The third-order valence-electron chi connectivity index (χ3n) is 6.86. The first-order valence-electron chi connectivity index (χ1n) is 11.7. The Balaban J connectivity index is 1.72. The van der Waals surface area contributed by atoms with Crippen molar-refractivity contribution < 1.29 is 9.84 Å². The summed E-state index contributed by atoms with van der Waals surface area (Å²) in [6.07, 6.45) is 13.2. The van der Waals surface area contributed by atoms with Crippen LogP contribution < -0.4 is 4.74 Å². The Hall–Kier alpha value is -3.44. The lowest BCUT2D eigenvalue weighted by Crippen LogP contribution is -2.53. The van der Waals surface area contributed by atoms with Crippen LogP contribution in [0.2, 0.25) is 0 Å². The Morgan fingerprint density at radius 3 is 2.62 bits per heavy atom. The summed E-state index contributed by atoms with van der Waals surface area (Å²) >= 11 is 0. The first kappa shape index (κ1) is 23.7. The van der Waals surface area contributed by atoms with Crippen LogP contribution in [0.5, 0.6) is 5.75 Å². The lowest BCUT2D eigenvalue weighted by molar-refractivity contribution is 0.0701. The van der Waals surface area contributed by atoms with E-state index < -0.39 is 17.1 Å². The van der Waals surface area contributed by atoms with Gasteiger partial charge in [0.2, 0.25) is 0 Å². The van der Waals surface area contributed by atoms with Crippen molar-refractivity contribution in [1.82, 2.24) is 9.55 Å². The van der Waals surface area contributed by atoms with E-state index in [0.29, 0.717) is 13.0 Å². The van der Waals surface area contributed by atoms with Crippen LogP contribution in [0.3, 0.4) is 0 Å². The van der Waals surface area contributed by atoms with Crippen molar-refractivity contribution >= 4 is 6.21 Å². The summed E-state index contributed by atoms with van der Waals surface area (Å²) in [5.74, 6) is 0.851. The Labute approximate surface area is 202 Å². The van der Waals surface area contributed by atoms with E-state index in [1.165, 1.54) is 0 Å². The molecule has 0 bridgehead atoms. The molecular weight excluding hydrogens is 422 g/mol. The third kappa shape index (κ3) is 4.36. The fourth-order valence-corrected chi connectivity index (χ4v) is 4.98. The van der Waals surface area contributed by atoms with E-state index in [2.05, 4.69) is 55.8 Å². The molecular formula is C29H33N3O2. The number of aliphatic hydroxyl groups excluding tert-OH is 1. The standard InChI is InChI=1S/C29H33N3O2/c1-5-10-24-19-25(13-14-26(24)34-20-23-11-7-6-8-12-23)28(3,4)29(15-9-16-31-29)27(22(2)33)32-18-17-30-21-32/h5-9,11-19,21-22,27,33H,1,10,20H2,2-4H3. The molecule has 1 aliphatic heterocycles. The van der Waals surface area contributed by atoms with Crippen molar-refractivity contribution in [2.75, 3.05) is 0 Å². The van der Waals surface area contributed by atoms with Gasteiger partial charge in [-0.3, -0.25) is 4.99 Å². The molecule has 0 fully saturated rings. The van der Waals surface area contributed by atoms with Crippen LogP contribution in [0.15, 0.2) is 97.1 Å². The van der Waals surface area contributed by atoms with E-state index in [9.17, 15) is 5.11 Å². The summed E-state index contributed by atoms with van der Waals surface area (Å²) in [6, 6.07) is 16.2. The molecule has 4 rings (SSSR count).